The number of fused-ring (bicyclic) bond motifs is 1. The van der Waals surface area contributed by atoms with Crippen LogP contribution in [0.5, 0.6) is 0 Å². The van der Waals surface area contributed by atoms with Gasteiger partial charge in [0.1, 0.15) is 11.6 Å². The summed E-state index contributed by atoms with van der Waals surface area (Å²) < 4.78 is 10.5. The molecule has 1 saturated carbocycles. The van der Waals surface area contributed by atoms with Gasteiger partial charge in [-0.05, 0) is 38.0 Å². The van der Waals surface area contributed by atoms with Gasteiger partial charge < -0.3 is 9.47 Å². The lowest BCUT2D eigenvalue weighted by atomic mass is 10.0. The molecule has 0 aromatic carbocycles. The van der Waals surface area contributed by atoms with Crippen molar-refractivity contribution in [3.8, 4) is 0 Å². The smallest absolute Gasteiger partial charge is 0.410 e. The van der Waals surface area contributed by atoms with Gasteiger partial charge in [-0.15, -0.1) is 0 Å². The van der Waals surface area contributed by atoms with E-state index in [4.69, 9.17) is 14.9 Å². The number of hydrogen-bond donors (Lipinski definition) is 1. The van der Waals surface area contributed by atoms with Gasteiger partial charge in [-0.2, -0.15) is 0 Å². The average Bonchev–Trinajstić information content (AvgIpc) is 2.65. The van der Waals surface area contributed by atoms with Crippen LogP contribution < -0.4 is 0 Å². The van der Waals surface area contributed by atoms with Crippen molar-refractivity contribution < 1.29 is 14.3 Å². The third-order valence-electron chi connectivity index (χ3n) is 4.33. The van der Waals surface area contributed by atoms with E-state index in [1.54, 1.807) is 4.90 Å². The molecule has 0 spiro atoms. The lowest BCUT2D eigenvalue weighted by molar-refractivity contribution is 0.0201. The zero-order chi connectivity index (χ0) is 14.6. The fraction of sp³-hybridized carbons (Fsp3) is 0.857. The quantitative estimate of drug-likeness (QED) is 0.587. The van der Waals surface area contributed by atoms with Crippen molar-refractivity contribution in [2.45, 2.75) is 46.3 Å². The van der Waals surface area contributed by atoms with Crippen LogP contribution in [0.15, 0.2) is 0 Å². The molecular formula is C14H24N2O3. The monoisotopic (exact) mass is 268 g/mol. The molecule has 0 radical (unpaired) electrons. The molecule has 108 valence electrons. The highest BCUT2D eigenvalue weighted by Crippen LogP contribution is 2.65. The summed E-state index contributed by atoms with van der Waals surface area (Å²) in [5, 5.41) is 7.95. The highest BCUT2D eigenvalue weighted by molar-refractivity contribution is 5.85. The zero-order valence-corrected chi connectivity index (χ0v) is 12.6. The number of amides is 1. The van der Waals surface area contributed by atoms with E-state index < -0.39 is 5.60 Å². The summed E-state index contributed by atoms with van der Waals surface area (Å²) in [7, 11) is 1.48. The maximum Gasteiger partial charge on any atom is 0.410 e. The molecular weight excluding hydrogens is 244 g/mol. The molecule has 2 rings (SSSR count). The van der Waals surface area contributed by atoms with Gasteiger partial charge in [0, 0.05) is 6.54 Å². The molecule has 0 aromatic rings. The zero-order valence-electron chi connectivity index (χ0n) is 12.6. The highest BCUT2D eigenvalue weighted by Gasteiger charge is 2.69. The molecule has 5 nitrogen and oxygen atoms in total. The van der Waals surface area contributed by atoms with Gasteiger partial charge in [0.25, 0.3) is 0 Å². The maximum absolute atomic E-state index is 12.2. The summed E-state index contributed by atoms with van der Waals surface area (Å²) in [4.78, 5) is 13.9. The molecule has 1 aliphatic heterocycles. The predicted octanol–water partition coefficient (Wildman–Crippen LogP) is 2.50. The number of nitrogens with one attached hydrogen (secondary N) is 1. The minimum atomic E-state index is -0.515. The van der Waals surface area contributed by atoms with Crippen LogP contribution in [0.2, 0.25) is 0 Å². The molecule has 2 fully saturated rings. The first-order valence-corrected chi connectivity index (χ1v) is 6.71. The van der Waals surface area contributed by atoms with Gasteiger partial charge in [0.2, 0.25) is 5.90 Å². The molecule has 1 amide bonds. The van der Waals surface area contributed by atoms with Crippen LogP contribution in [-0.4, -0.2) is 42.2 Å². The SMILES string of the molecule is COC(=N)C1C2C(CN1C(=O)OC(C)(C)C)C2(C)C. The minimum absolute atomic E-state index is 0.156. The second-order valence-electron chi connectivity index (χ2n) is 7.10. The average molecular weight is 268 g/mol. The molecule has 3 unspecified atom stereocenters. The summed E-state index contributed by atoms with van der Waals surface area (Å²) >= 11 is 0. The molecule has 5 heteroatoms. The van der Waals surface area contributed by atoms with Crippen LogP contribution >= 0.6 is 0 Å². The minimum Gasteiger partial charge on any atom is -0.483 e. The second-order valence-corrected chi connectivity index (χ2v) is 7.10. The van der Waals surface area contributed by atoms with Crippen LogP contribution in [0.25, 0.3) is 0 Å². The number of hydrogen-bond acceptors (Lipinski definition) is 4. The van der Waals surface area contributed by atoms with Crippen LogP contribution in [0, 0.1) is 22.7 Å². The number of carbonyl (C=O) groups excluding carboxylic acids is 1. The fourth-order valence-corrected chi connectivity index (χ4v) is 3.22. The van der Waals surface area contributed by atoms with Crippen LogP contribution in [0.1, 0.15) is 34.6 Å². The van der Waals surface area contributed by atoms with Gasteiger partial charge >= 0.3 is 6.09 Å². The van der Waals surface area contributed by atoms with E-state index in [9.17, 15) is 4.79 Å². The summed E-state index contributed by atoms with van der Waals surface area (Å²) in [6.07, 6.45) is -0.345. The van der Waals surface area contributed by atoms with Crippen molar-refractivity contribution in [1.29, 1.82) is 5.41 Å². The van der Waals surface area contributed by atoms with Gasteiger partial charge in [0.05, 0.1) is 7.11 Å². The van der Waals surface area contributed by atoms with E-state index in [0.717, 1.165) is 0 Å². The Morgan fingerprint density at radius 1 is 1.37 bits per heavy atom. The number of nitrogens with zero attached hydrogens (tertiary/aromatic N) is 1. The van der Waals surface area contributed by atoms with E-state index in [-0.39, 0.29) is 23.4 Å². The maximum atomic E-state index is 12.2. The largest absolute Gasteiger partial charge is 0.483 e. The Morgan fingerprint density at radius 3 is 2.42 bits per heavy atom. The molecule has 2 aliphatic rings. The molecule has 3 atom stereocenters. The van der Waals surface area contributed by atoms with E-state index in [0.29, 0.717) is 18.4 Å². The first-order chi connectivity index (χ1) is 8.59. The summed E-state index contributed by atoms with van der Waals surface area (Å²) in [5.41, 5.74) is -0.326. The molecule has 1 saturated heterocycles. The van der Waals surface area contributed by atoms with E-state index in [2.05, 4.69) is 13.8 Å². The summed E-state index contributed by atoms with van der Waals surface area (Å²) in [6.45, 7) is 10.6. The van der Waals surface area contributed by atoms with Crippen molar-refractivity contribution in [1.82, 2.24) is 4.90 Å². The van der Waals surface area contributed by atoms with Crippen molar-refractivity contribution in [3.05, 3.63) is 0 Å². The first kappa shape index (κ1) is 14.2. The highest BCUT2D eigenvalue weighted by atomic mass is 16.6. The van der Waals surface area contributed by atoms with E-state index >= 15 is 0 Å². The Kier molecular flexibility index (Phi) is 3.07. The van der Waals surface area contributed by atoms with Crippen LogP contribution in [0.3, 0.4) is 0 Å². The number of methoxy groups -OCH3 is 1. The number of rotatable bonds is 1. The van der Waals surface area contributed by atoms with Crippen molar-refractivity contribution in [2.24, 2.45) is 17.3 Å². The Hall–Kier alpha value is -1.26. The summed E-state index contributed by atoms with van der Waals surface area (Å²) in [5.74, 6) is 0.914. The number of carbonyl (C=O) groups is 1. The van der Waals surface area contributed by atoms with E-state index in [1.807, 2.05) is 20.8 Å². The first-order valence-electron chi connectivity index (χ1n) is 6.71. The molecule has 1 aliphatic carbocycles. The molecule has 0 aromatic heterocycles. The Morgan fingerprint density at radius 2 is 1.95 bits per heavy atom. The Labute approximate surface area is 114 Å². The van der Waals surface area contributed by atoms with Gasteiger partial charge in [-0.25, -0.2) is 4.79 Å². The van der Waals surface area contributed by atoms with Crippen molar-refractivity contribution in [2.75, 3.05) is 13.7 Å². The van der Waals surface area contributed by atoms with Gasteiger partial charge in [-0.1, -0.05) is 13.8 Å². The molecule has 1 N–H and O–H groups in total. The lowest BCUT2D eigenvalue weighted by Crippen LogP contribution is -2.47. The fourth-order valence-electron chi connectivity index (χ4n) is 3.22. The Balaban J connectivity index is 2.14. The number of likely N-dealkylation sites (tertiary alicyclic amines) is 1. The molecule has 1 heterocycles. The normalized spacial score (nSPS) is 31.7. The lowest BCUT2D eigenvalue weighted by Gasteiger charge is -2.32. The molecule has 0 bridgehead atoms. The van der Waals surface area contributed by atoms with E-state index in [1.165, 1.54) is 7.11 Å². The van der Waals surface area contributed by atoms with Gasteiger partial charge in [0.15, 0.2) is 0 Å². The standard InChI is InChI=1S/C14H24N2O3/c1-13(2,3)19-12(17)16-7-8-9(14(8,4)5)10(16)11(15)18-6/h8-10,15H,7H2,1-6H3. The third-order valence-corrected chi connectivity index (χ3v) is 4.33. The predicted molar refractivity (Wildman–Crippen MR) is 72.2 cm³/mol. The van der Waals surface area contributed by atoms with Crippen molar-refractivity contribution in [3.63, 3.8) is 0 Å². The van der Waals surface area contributed by atoms with Crippen LogP contribution in [0.4, 0.5) is 4.79 Å². The number of ether oxygens (including phenoxy) is 2. The topological polar surface area (TPSA) is 62.6 Å². The molecule has 19 heavy (non-hydrogen) atoms. The van der Waals surface area contributed by atoms with Crippen molar-refractivity contribution >= 4 is 12.0 Å². The van der Waals surface area contributed by atoms with Gasteiger partial charge in [-0.3, -0.25) is 10.3 Å². The van der Waals surface area contributed by atoms with Crippen LogP contribution in [-0.2, 0) is 9.47 Å². The summed E-state index contributed by atoms with van der Waals surface area (Å²) in [6, 6.07) is -0.278. The number of piperidine rings is 1. The second kappa shape index (κ2) is 4.12. The Bertz CT molecular complexity index is 411. The third kappa shape index (κ3) is 2.30.